The maximum Gasteiger partial charge on any atom is 0.191 e. The fourth-order valence-corrected chi connectivity index (χ4v) is 2.66. The average molecular weight is 351 g/mol. The Morgan fingerprint density at radius 3 is 2.52 bits per heavy atom. The van der Waals surface area contributed by atoms with Crippen LogP contribution in [0.1, 0.15) is 57.7 Å². The van der Waals surface area contributed by atoms with E-state index >= 15 is 0 Å². The topological polar surface area (TPSA) is 39.7 Å². The molecule has 0 aliphatic rings. The van der Waals surface area contributed by atoms with Crippen LogP contribution in [0.2, 0.25) is 0 Å². The summed E-state index contributed by atoms with van der Waals surface area (Å²) in [6.45, 7) is 15.2. The molecule has 1 aromatic carbocycles. The van der Waals surface area contributed by atoms with Gasteiger partial charge in [0.2, 0.25) is 0 Å². The second-order valence-corrected chi connectivity index (χ2v) is 6.37. The molecule has 0 aromatic heterocycles. The highest BCUT2D eigenvalue weighted by atomic mass is 19.1. The number of nitrogens with zero attached hydrogens (tertiary/aromatic N) is 2. The van der Waals surface area contributed by atoms with E-state index in [1.807, 2.05) is 26.0 Å². The molecule has 2 N–H and O–H groups in total. The van der Waals surface area contributed by atoms with Crippen molar-refractivity contribution >= 4 is 5.96 Å². The minimum absolute atomic E-state index is 0.00331. The first-order valence-electron chi connectivity index (χ1n) is 9.55. The van der Waals surface area contributed by atoms with Crippen molar-refractivity contribution in [3.05, 3.63) is 35.1 Å². The minimum Gasteiger partial charge on any atom is -0.357 e. The first-order valence-corrected chi connectivity index (χ1v) is 9.55. The van der Waals surface area contributed by atoms with E-state index in [9.17, 15) is 4.39 Å². The summed E-state index contributed by atoms with van der Waals surface area (Å²) in [5.41, 5.74) is 1.60. The zero-order chi connectivity index (χ0) is 18.7. The number of rotatable bonds is 10. The minimum atomic E-state index is -0.163. The van der Waals surface area contributed by atoms with Crippen molar-refractivity contribution in [2.45, 2.75) is 53.5 Å². The first-order chi connectivity index (χ1) is 12.0. The van der Waals surface area contributed by atoms with Crippen molar-refractivity contribution < 1.29 is 4.39 Å². The first kappa shape index (κ1) is 21.4. The second-order valence-electron chi connectivity index (χ2n) is 6.37. The Morgan fingerprint density at radius 2 is 1.92 bits per heavy atom. The highest BCUT2D eigenvalue weighted by Crippen LogP contribution is 2.16. The lowest BCUT2D eigenvalue weighted by atomic mass is 10.1. The molecule has 1 atom stereocenters. The molecule has 25 heavy (non-hydrogen) atoms. The summed E-state index contributed by atoms with van der Waals surface area (Å²) in [5, 5.41) is 6.63. The summed E-state index contributed by atoms with van der Waals surface area (Å²) >= 11 is 0. The lowest BCUT2D eigenvalue weighted by Crippen LogP contribution is -2.38. The second kappa shape index (κ2) is 11.9. The molecule has 0 aliphatic carbocycles. The lowest BCUT2D eigenvalue weighted by Gasteiger charge is -2.19. The summed E-state index contributed by atoms with van der Waals surface area (Å²) in [6.07, 6.45) is 2.23. The molecule has 0 heterocycles. The van der Waals surface area contributed by atoms with Gasteiger partial charge in [-0.2, -0.15) is 0 Å². The molecule has 0 radical (unpaired) electrons. The molecule has 0 bridgehead atoms. The SMILES string of the molecule is CCNC(=NCCCCN(CC)CC)NC(C)c1ccc(C)c(F)c1. The van der Waals surface area contributed by atoms with Crippen LogP contribution in [-0.4, -0.2) is 43.6 Å². The number of unbranched alkanes of at least 4 members (excludes halogenated alkanes) is 1. The zero-order valence-electron chi connectivity index (χ0n) is 16.5. The van der Waals surface area contributed by atoms with E-state index < -0.39 is 0 Å². The summed E-state index contributed by atoms with van der Waals surface area (Å²) in [6, 6.07) is 5.38. The van der Waals surface area contributed by atoms with E-state index in [2.05, 4.69) is 34.4 Å². The molecule has 1 rings (SSSR count). The molecule has 0 amide bonds. The Labute approximate surface area is 152 Å². The molecule has 1 unspecified atom stereocenters. The molecule has 0 aliphatic heterocycles. The molecule has 1 aromatic rings. The fraction of sp³-hybridized carbons (Fsp3) is 0.650. The summed E-state index contributed by atoms with van der Waals surface area (Å²) in [5.74, 6) is 0.628. The van der Waals surface area contributed by atoms with Crippen molar-refractivity contribution in [1.29, 1.82) is 0 Å². The Balaban J connectivity index is 2.52. The Morgan fingerprint density at radius 1 is 1.20 bits per heavy atom. The zero-order valence-corrected chi connectivity index (χ0v) is 16.5. The highest BCUT2D eigenvalue weighted by Gasteiger charge is 2.09. The van der Waals surface area contributed by atoms with Gasteiger partial charge in [0, 0.05) is 13.1 Å². The number of benzene rings is 1. The molecule has 0 saturated carbocycles. The van der Waals surface area contributed by atoms with Gasteiger partial charge in [-0.1, -0.05) is 26.0 Å². The molecule has 4 nitrogen and oxygen atoms in total. The molecule has 0 spiro atoms. The van der Waals surface area contributed by atoms with Crippen molar-refractivity contribution in [2.24, 2.45) is 4.99 Å². The summed E-state index contributed by atoms with van der Waals surface area (Å²) < 4.78 is 13.8. The van der Waals surface area contributed by atoms with Gasteiger partial charge in [0.1, 0.15) is 5.82 Å². The monoisotopic (exact) mass is 350 g/mol. The number of hydrogen-bond acceptors (Lipinski definition) is 2. The molecule has 142 valence electrons. The van der Waals surface area contributed by atoms with Crippen LogP contribution in [0.4, 0.5) is 4.39 Å². The van der Waals surface area contributed by atoms with Gasteiger partial charge in [-0.05, 0) is 70.4 Å². The van der Waals surface area contributed by atoms with Crippen LogP contribution in [-0.2, 0) is 0 Å². The van der Waals surface area contributed by atoms with Gasteiger partial charge in [0.05, 0.1) is 6.04 Å². The van der Waals surface area contributed by atoms with Crippen LogP contribution in [0.15, 0.2) is 23.2 Å². The van der Waals surface area contributed by atoms with Gasteiger partial charge in [-0.3, -0.25) is 4.99 Å². The van der Waals surface area contributed by atoms with Gasteiger partial charge in [-0.15, -0.1) is 0 Å². The molecule has 0 fully saturated rings. The normalized spacial score (nSPS) is 13.2. The fourth-order valence-electron chi connectivity index (χ4n) is 2.66. The van der Waals surface area contributed by atoms with E-state index in [-0.39, 0.29) is 11.9 Å². The van der Waals surface area contributed by atoms with Crippen molar-refractivity contribution in [3.8, 4) is 0 Å². The van der Waals surface area contributed by atoms with Crippen LogP contribution in [0.5, 0.6) is 0 Å². The van der Waals surface area contributed by atoms with Crippen LogP contribution >= 0.6 is 0 Å². The Hall–Kier alpha value is -1.62. The quantitative estimate of drug-likeness (QED) is 0.382. The van der Waals surface area contributed by atoms with Crippen molar-refractivity contribution in [3.63, 3.8) is 0 Å². The number of nitrogens with one attached hydrogen (secondary N) is 2. The summed E-state index contributed by atoms with van der Waals surface area (Å²) in [4.78, 5) is 7.08. The third-order valence-corrected chi connectivity index (χ3v) is 4.44. The third kappa shape index (κ3) is 7.86. The van der Waals surface area contributed by atoms with E-state index in [1.165, 1.54) is 0 Å². The molecule has 0 saturated heterocycles. The van der Waals surface area contributed by atoms with Crippen LogP contribution in [0.3, 0.4) is 0 Å². The van der Waals surface area contributed by atoms with Gasteiger partial charge in [-0.25, -0.2) is 4.39 Å². The number of aryl methyl sites for hydroxylation is 1. The Bertz CT molecular complexity index is 526. The van der Waals surface area contributed by atoms with E-state index in [1.54, 1.807) is 13.0 Å². The van der Waals surface area contributed by atoms with Gasteiger partial charge in [0.15, 0.2) is 5.96 Å². The van der Waals surface area contributed by atoms with Crippen molar-refractivity contribution in [1.82, 2.24) is 15.5 Å². The van der Waals surface area contributed by atoms with Crippen molar-refractivity contribution in [2.75, 3.05) is 32.7 Å². The molecular formula is C20H35FN4. The lowest BCUT2D eigenvalue weighted by molar-refractivity contribution is 0.297. The van der Waals surface area contributed by atoms with E-state index in [4.69, 9.17) is 0 Å². The highest BCUT2D eigenvalue weighted by molar-refractivity contribution is 5.80. The average Bonchev–Trinajstić information content (AvgIpc) is 2.60. The molecular weight excluding hydrogens is 315 g/mol. The molecule has 5 heteroatoms. The number of guanidine groups is 1. The largest absolute Gasteiger partial charge is 0.357 e. The van der Waals surface area contributed by atoms with E-state index in [0.29, 0.717) is 5.56 Å². The number of halogens is 1. The predicted molar refractivity (Wildman–Crippen MR) is 106 cm³/mol. The third-order valence-electron chi connectivity index (χ3n) is 4.44. The van der Waals surface area contributed by atoms with E-state index in [0.717, 1.165) is 57.1 Å². The Kier molecular flexibility index (Phi) is 10.2. The van der Waals surface area contributed by atoms with Gasteiger partial charge >= 0.3 is 0 Å². The van der Waals surface area contributed by atoms with Gasteiger partial charge in [0.25, 0.3) is 0 Å². The van der Waals surface area contributed by atoms with Gasteiger partial charge < -0.3 is 15.5 Å². The number of hydrogen-bond donors (Lipinski definition) is 2. The van der Waals surface area contributed by atoms with Crippen LogP contribution < -0.4 is 10.6 Å². The maximum absolute atomic E-state index is 13.8. The smallest absolute Gasteiger partial charge is 0.191 e. The summed E-state index contributed by atoms with van der Waals surface area (Å²) in [7, 11) is 0. The van der Waals surface area contributed by atoms with Crippen LogP contribution in [0.25, 0.3) is 0 Å². The standard InChI is InChI=1S/C20H35FN4/c1-6-22-20(23-13-9-10-14-25(7-2)8-3)24-17(5)18-12-11-16(4)19(21)15-18/h11-12,15,17H,6-10,13-14H2,1-5H3,(H2,22,23,24). The number of aliphatic imine (C=N–C) groups is 1. The van der Waals surface area contributed by atoms with Crippen LogP contribution in [0, 0.1) is 12.7 Å². The maximum atomic E-state index is 13.8. The predicted octanol–water partition coefficient (Wildman–Crippen LogP) is 3.87.